The quantitative estimate of drug-likeness (QED) is 0.187. The number of nitrogens with zero attached hydrogens (tertiary/aromatic N) is 2. The molecule has 0 saturated carbocycles. The maximum atomic E-state index is 6.48. The van der Waals surface area contributed by atoms with Gasteiger partial charge in [-0.3, -0.25) is 4.98 Å². The highest BCUT2D eigenvalue weighted by atomic mass is 16.3. The molecule has 0 unspecified atom stereocenters. The van der Waals surface area contributed by atoms with Crippen LogP contribution in [0.25, 0.3) is 66.1 Å². The minimum atomic E-state index is 0.863. The molecule has 0 radical (unpaired) electrons. The summed E-state index contributed by atoms with van der Waals surface area (Å²) in [5.41, 5.74) is 12.1. The third-order valence-corrected chi connectivity index (χ3v) is 9.15. The molecular weight excluding hydrogens is 585 g/mol. The van der Waals surface area contributed by atoms with Gasteiger partial charge in [-0.15, -0.1) is 0 Å². The van der Waals surface area contributed by atoms with Crippen LogP contribution in [0.2, 0.25) is 0 Å². The molecule has 0 atom stereocenters. The molecule has 48 heavy (non-hydrogen) atoms. The van der Waals surface area contributed by atoms with Crippen molar-refractivity contribution in [3.63, 3.8) is 0 Å². The van der Waals surface area contributed by atoms with Gasteiger partial charge < -0.3 is 9.32 Å². The van der Waals surface area contributed by atoms with E-state index in [1.165, 1.54) is 22.3 Å². The van der Waals surface area contributed by atoms with Crippen LogP contribution < -0.4 is 4.90 Å². The van der Waals surface area contributed by atoms with Crippen LogP contribution in [-0.2, 0) is 0 Å². The largest absolute Gasteiger partial charge is 0.455 e. The van der Waals surface area contributed by atoms with Crippen molar-refractivity contribution in [1.29, 1.82) is 0 Å². The van der Waals surface area contributed by atoms with Crippen LogP contribution in [0.15, 0.2) is 187 Å². The second-order valence-corrected chi connectivity index (χ2v) is 12.0. The molecule has 0 amide bonds. The lowest BCUT2D eigenvalue weighted by atomic mass is 9.99. The number of anilines is 3. The lowest BCUT2D eigenvalue weighted by molar-refractivity contribution is 0.672. The Morgan fingerprint density at radius 2 is 1.10 bits per heavy atom. The lowest BCUT2D eigenvalue weighted by Crippen LogP contribution is -2.11. The number of hydrogen-bond acceptors (Lipinski definition) is 3. The predicted molar refractivity (Wildman–Crippen MR) is 200 cm³/mol. The van der Waals surface area contributed by atoms with E-state index in [2.05, 4.69) is 174 Å². The highest BCUT2D eigenvalue weighted by Crippen LogP contribution is 2.44. The number of rotatable bonds is 6. The van der Waals surface area contributed by atoms with Gasteiger partial charge in [-0.1, -0.05) is 121 Å². The zero-order chi connectivity index (χ0) is 31.9. The van der Waals surface area contributed by atoms with E-state index in [-0.39, 0.29) is 0 Å². The summed E-state index contributed by atoms with van der Waals surface area (Å²) in [6.07, 6.45) is 3.71. The van der Waals surface area contributed by atoms with E-state index in [0.717, 1.165) is 60.9 Å². The molecule has 3 nitrogen and oxygen atoms in total. The second-order valence-electron chi connectivity index (χ2n) is 12.0. The molecule has 0 fully saturated rings. The van der Waals surface area contributed by atoms with Crippen LogP contribution in [0.1, 0.15) is 0 Å². The third-order valence-electron chi connectivity index (χ3n) is 9.15. The van der Waals surface area contributed by atoms with Crippen molar-refractivity contribution in [3.05, 3.63) is 182 Å². The Balaban J connectivity index is 1.22. The fourth-order valence-corrected chi connectivity index (χ4v) is 6.80. The molecule has 0 aliphatic rings. The van der Waals surface area contributed by atoms with E-state index in [9.17, 15) is 0 Å². The number of aromatic nitrogens is 1. The van der Waals surface area contributed by atoms with Gasteiger partial charge in [0.2, 0.25) is 0 Å². The summed E-state index contributed by atoms with van der Waals surface area (Å²) in [7, 11) is 0. The van der Waals surface area contributed by atoms with Gasteiger partial charge in [0.15, 0.2) is 0 Å². The van der Waals surface area contributed by atoms with Crippen molar-refractivity contribution in [2.45, 2.75) is 0 Å². The predicted octanol–water partition coefficient (Wildman–Crippen LogP) is 12.6. The Morgan fingerprint density at radius 1 is 0.438 bits per heavy atom. The first-order valence-electron chi connectivity index (χ1n) is 16.2. The number of benzene rings is 7. The van der Waals surface area contributed by atoms with Gasteiger partial charge in [0, 0.05) is 50.9 Å². The van der Waals surface area contributed by atoms with Crippen molar-refractivity contribution >= 4 is 49.8 Å². The average molecular weight is 615 g/mol. The van der Waals surface area contributed by atoms with Crippen molar-refractivity contribution < 1.29 is 4.42 Å². The summed E-state index contributed by atoms with van der Waals surface area (Å²) in [6, 6.07) is 60.3. The first-order chi connectivity index (χ1) is 23.8. The molecule has 0 N–H and O–H groups in total. The zero-order valence-electron chi connectivity index (χ0n) is 26.1. The van der Waals surface area contributed by atoms with E-state index in [1.807, 2.05) is 18.5 Å². The Kier molecular flexibility index (Phi) is 6.80. The molecule has 0 aliphatic heterocycles. The number of para-hydroxylation sites is 1. The van der Waals surface area contributed by atoms with Gasteiger partial charge in [-0.05, 0) is 76.3 Å². The molecular formula is C45H30N2O. The number of fused-ring (bicyclic) bond motifs is 5. The number of furan rings is 1. The highest BCUT2D eigenvalue weighted by Gasteiger charge is 2.20. The molecule has 0 spiro atoms. The van der Waals surface area contributed by atoms with Gasteiger partial charge >= 0.3 is 0 Å². The molecule has 2 heterocycles. The van der Waals surface area contributed by atoms with E-state index in [4.69, 9.17) is 4.42 Å². The van der Waals surface area contributed by atoms with Gasteiger partial charge in [-0.2, -0.15) is 0 Å². The smallest absolute Gasteiger partial charge is 0.143 e. The van der Waals surface area contributed by atoms with Crippen molar-refractivity contribution in [1.82, 2.24) is 4.98 Å². The Hall–Kier alpha value is -6.45. The summed E-state index contributed by atoms with van der Waals surface area (Å²) in [6.45, 7) is 0. The van der Waals surface area contributed by atoms with Crippen LogP contribution in [0.5, 0.6) is 0 Å². The molecule has 3 heteroatoms. The SMILES string of the molecule is c1ccc(-c2ccc(-c3cccc(N(c4ccc5oc6c7ccncc7ccc6c5c4)c4ccccc4-c4ccccc4)c3)cc2)cc1. The molecule has 0 saturated heterocycles. The molecule has 2 aromatic heterocycles. The van der Waals surface area contributed by atoms with Crippen molar-refractivity contribution in [3.8, 4) is 33.4 Å². The van der Waals surface area contributed by atoms with E-state index >= 15 is 0 Å². The zero-order valence-corrected chi connectivity index (χ0v) is 26.1. The van der Waals surface area contributed by atoms with Gasteiger partial charge in [0.1, 0.15) is 11.2 Å². The van der Waals surface area contributed by atoms with Crippen LogP contribution in [-0.4, -0.2) is 4.98 Å². The monoisotopic (exact) mass is 614 g/mol. The van der Waals surface area contributed by atoms with Crippen LogP contribution in [0, 0.1) is 0 Å². The molecule has 226 valence electrons. The van der Waals surface area contributed by atoms with Crippen molar-refractivity contribution in [2.75, 3.05) is 4.90 Å². The minimum absolute atomic E-state index is 0.863. The Labute approximate surface area is 279 Å². The van der Waals surface area contributed by atoms with Crippen LogP contribution >= 0.6 is 0 Å². The summed E-state index contributed by atoms with van der Waals surface area (Å²) < 4.78 is 6.48. The third kappa shape index (κ3) is 4.90. The van der Waals surface area contributed by atoms with Gasteiger partial charge in [0.05, 0.1) is 5.69 Å². The molecule has 0 bridgehead atoms. The molecule has 9 aromatic rings. The lowest BCUT2D eigenvalue weighted by Gasteiger charge is -2.28. The van der Waals surface area contributed by atoms with E-state index in [0.29, 0.717) is 0 Å². The Morgan fingerprint density at radius 3 is 1.92 bits per heavy atom. The standard InChI is InChI=1S/C45H30N2O/c1-3-10-31(11-4-1)32-18-20-33(21-19-32)35-14-9-15-37(28-35)47(43-17-8-7-16-39(43)34-12-5-2-6-13-34)38-23-25-44-42(29-38)41-24-22-36-30-46-27-26-40(36)45(41)48-44/h1-30H. The fourth-order valence-electron chi connectivity index (χ4n) is 6.80. The van der Waals surface area contributed by atoms with Crippen LogP contribution in [0.3, 0.4) is 0 Å². The Bertz CT molecular complexity index is 2550. The van der Waals surface area contributed by atoms with E-state index in [1.54, 1.807) is 0 Å². The van der Waals surface area contributed by atoms with Crippen LogP contribution in [0.4, 0.5) is 17.1 Å². The number of hydrogen-bond donors (Lipinski definition) is 0. The van der Waals surface area contributed by atoms with E-state index < -0.39 is 0 Å². The highest BCUT2D eigenvalue weighted by molar-refractivity contribution is 6.15. The topological polar surface area (TPSA) is 29.3 Å². The van der Waals surface area contributed by atoms with Gasteiger partial charge in [0.25, 0.3) is 0 Å². The van der Waals surface area contributed by atoms with Gasteiger partial charge in [-0.25, -0.2) is 0 Å². The minimum Gasteiger partial charge on any atom is -0.455 e. The van der Waals surface area contributed by atoms with Crippen molar-refractivity contribution in [2.24, 2.45) is 0 Å². The number of pyridine rings is 1. The normalized spacial score (nSPS) is 11.3. The fraction of sp³-hybridized carbons (Fsp3) is 0. The maximum Gasteiger partial charge on any atom is 0.143 e. The second kappa shape index (κ2) is 11.7. The summed E-state index contributed by atoms with van der Waals surface area (Å²) in [4.78, 5) is 6.68. The summed E-state index contributed by atoms with van der Waals surface area (Å²) in [5, 5.41) is 4.30. The maximum absolute atomic E-state index is 6.48. The first kappa shape index (κ1) is 27.8. The average Bonchev–Trinajstić information content (AvgIpc) is 3.55. The summed E-state index contributed by atoms with van der Waals surface area (Å²) in [5.74, 6) is 0. The summed E-state index contributed by atoms with van der Waals surface area (Å²) >= 11 is 0. The molecule has 0 aliphatic carbocycles. The first-order valence-corrected chi connectivity index (χ1v) is 16.2. The molecule has 7 aromatic carbocycles. The molecule has 9 rings (SSSR count).